The van der Waals surface area contributed by atoms with Gasteiger partial charge in [-0.2, -0.15) is 4.68 Å². The molecule has 0 unspecified atom stereocenters. The molecule has 34 heavy (non-hydrogen) atoms. The zero-order valence-corrected chi connectivity index (χ0v) is 20.2. The Balaban J connectivity index is 1.69. The van der Waals surface area contributed by atoms with Crippen molar-refractivity contribution in [1.29, 1.82) is 0 Å². The van der Waals surface area contributed by atoms with Crippen LogP contribution in [0, 0.1) is 11.7 Å². The second-order valence-electron chi connectivity index (χ2n) is 10.1. The van der Waals surface area contributed by atoms with E-state index in [2.05, 4.69) is 5.32 Å². The van der Waals surface area contributed by atoms with Crippen LogP contribution >= 0.6 is 0 Å². The molecule has 0 bridgehead atoms. The van der Waals surface area contributed by atoms with Crippen LogP contribution in [0.15, 0.2) is 15.7 Å². The fourth-order valence-electron chi connectivity index (χ4n) is 4.61. The van der Waals surface area contributed by atoms with Gasteiger partial charge in [-0.15, -0.1) is 0 Å². The lowest BCUT2D eigenvalue weighted by atomic mass is 10.0. The largest absolute Gasteiger partial charge is 0.492 e. The number of hydrogen-bond donors (Lipinski definition) is 2. The molecule has 4 rings (SSSR count). The number of carbonyl (C=O) groups excluding carboxylic acids is 1. The van der Waals surface area contributed by atoms with Crippen LogP contribution in [0.3, 0.4) is 0 Å². The van der Waals surface area contributed by atoms with Gasteiger partial charge in [-0.1, -0.05) is 0 Å². The average molecular weight is 478 g/mol. The van der Waals surface area contributed by atoms with Crippen LogP contribution in [-0.2, 0) is 4.74 Å². The van der Waals surface area contributed by atoms with Gasteiger partial charge in [-0.05, 0) is 58.9 Å². The summed E-state index contributed by atoms with van der Waals surface area (Å²) in [7, 11) is 1.40. The van der Waals surface area contributed by atoms with E-state index in [9.17, 15) is 14.4 Å². The highest BCUT2D eigenvalue weighted by Crippen LogP contribution is 2.43. The minimum atomic E-state index is -0.768. The zero-order chi connectivity index (χ0) is 24.9. The number of carbonyl (C=O) groups is 1. The lowest BCUT2D eigenvalue weighted by molar-refractivity contribution is 0.0494. The molecule has 1 amide bonds. The number of nitrogens with one attached hydrogen (secondary N) is 1. The Labute approximate surface area is 196 Å². The number of nitrogen functional groups attached to an aromatic ring is 1. The van der Waals surface area contributed by atoms with Crippen LogP contribution in [0.5, 0.6) is 5.75 Å². The molecule has 1 aromatic carbocycles. The van der Waals surface area contributed by atoms with E-state index < -0.39 is 28.8 Å². The number of methoxy groups -OCH3 is 1. The first-order chi connectivity index (χ1) is 15.9. The van der Waals surface area contributed by atoms with Crippen LogP contribution in [0.2, 0.25) is 0 Å². The minimum absolute atomic E-state index is 0.00260. The molecular formula is C23H32FN5O5. The summed E-state index contributed by atoms with van der Waals surface area (Å²) in [5, 5.41) is 2.86. The van der Waals surface area contributed by atoms with E-state index in [4.69, 9.17) is 15.3 Å². The fourth-order valence-corrected chi connectivity index (χ4v) is 4.61. The van der Waals surface area contributed by atoms with Crippen LogP contribution in [-0.4, -0.2) is 47.2 Å². The van der Waals surface area contributed by atoms with Crippen LogP contribution in [0.25, 0.3) is 10.9 Å². The number of nitrogens with two attached hydrogens (primary N) is 1. The van der Waals surface area contributed by atoms with Crippen LogP contribution in [0.4, 0.5) is 14.9 Å². The van der Waals surface area contributed by atoms with Gasteiger partial charge in [0.15, 0.2) is 11.6 Å². The van der Waals surface area contributed by atoms with Crippen molar-refractivity contribution in [2.45, 2.75) is 64.6 Å². The number of rotatable bonds is 5. The molecule has 0 radical (unpaired) electrons. The standard InChI is InChI=1S/C23H32FN5O5/c1-12(26-21(31)34-23(2,3)4)13-8-9-27(11-13)18-16(24)10-15-17(19(18)33-5)28(14-6-7-14)22(32)29(25)20(15)30/h10,12-14H,6-9,11,25H2,1-5H3,(H,26,31)/t12-,13+/m0/s1. The number of benzene rings is 1. The topological polar surface area (TPSA) is 121 Å². The molecular weight excluding hydrogens is 445 g/mol. The van der Waals surface area contributed by atoms with Gasteiger partial charge in [-0.3, -0.25) is 9.36 Å². The van der Waals surface area contributed by atoms with E-state index in [1.165, 1.54) is 11.7 Å². The first-order valence-electron chi connectivity index (χ1n) is 11.5. The third-order valence-electron chi connectivity index (χ3n) is 6.39. The van der Waals surface area contributed by atoms with E-state index >= 15 is 4.39 Å². The van der Waals surface area contributed by atoms with Gasteiger partial charge in [0.05, 0.1) is 12.5 Å². The van der Waals surface area contributed by atoms with Gasteiger partial charge in [0, 0.05) is 25.2 Å². The molecule has 0 spiro atoms. The maximum absolute atomic E-state index is 15.4. The Morgan fingerprint density at radius 3 is 2.53 bits per heavy atom. The highest BCUT2D eigenvalue weighted by atomic mass is 19.1. The van der Waals surface area contributed by atoms with Crippen molar-refractivity contribution < 1.29 is 18.7 Å². The van der Waals surface area contributed by atoms with Crippen molar-refractivity contribution in [3.05, 3.63) is 32.7 Å². The van der Waals surface area contributed by atoms with E-state index in [1.54, 1.807) is 20.8 Å². The van der Waals surface area contributed by atoms with E-state index in [0.717, 1.165) is 18.9 Å². The van der Waals surface area contributed by atoms with Crippen molar-refractivity contribution in [2.75, 3.05) is 30.9 Å². The van der Waals surface area contributed by atoms with Crippen molar-refractivity contribution >= 4 is 22.7 Å². The fraction of sp³-hybridized carbons (Fsp3) is 0.609. The summed E-state index contributed by atoms with van der Waals surface area (Å²) in [6.45, 7) is 8.25. The highest BCUT2D eigenvalue weighted by molar-refractivity contribution is 5.91. The summed E-state index contributed by atoms with van der Waals surface area (Å²) in [6.07, 6.45) is 1.74. The molecule has 186 valence electrons. The molecule has 2 heterocycles. The van der Waals surface area contributed by atoms with Gasteiger partial charge in [0.2, 0.25) is 0 Å². The van der Waals surface area contributed by atoms with Gasteiger partial charge < -0.3 is 25.5 Å². The first-order valence-corrected chi connectivity index (χ1v) is 11.5. The number of fused-ring (bicyclic) bond motifs is 1. The predicted octanol–water partition coefficient (Wildman–Crippen LogP) is 2.10. The van der Waals surface area contributed by atoms with Gasteiger partial charge >= 0.3 is 11.8 Å². The predicted molar refractivity (Wildman–Crippen MR) is 127 cm³/mol. The maximum atomic E-state index is 15.4. The van der Waals surface area contributed by atoms with E-state index in [0.29, 0.717) is 24.2 Å². The second-order valence-corrected chi connectivity index (χ2v) is 10.1. The third kappa shape index (κ3) is 4.30. The molecule has 2 fully saturated rings. The summed E-state index contributed by atoms with van der Waals surface area (Å²) in [6, 6.07) is 0.817. The Hall–Kier alpha value is -3.24. The highest BCUT2D eigenvalue weighted by Gasteiger charge is 2.35. The molecule has 11 heteroatoms. The molecule has 2 atom stereocenters. The van der Waals surface area contributed by atoms with Crippen molar-refractivity contribution in [3.8, 4) is 5.75 Å². The first kappa shape index (κ1) is 23.9. The zero-order valence-electron chi connectivity index (χ0n) is 20.2. The number of anilines is 1. The van der Waals surface area contributed by atoms with E-state index in [1.807, 2.05) is 11.8 Å². The molecule has 1 saturated heterocycles. The van der Waals surface area contributed by atoms with Gasteiger partial charge in [0.25, 0.3) is 5.56 Å². The quantitative estimate of drug-likeness (QED) is 0.633. The molecule has 1 aliphatic carbocycles. The van der Waals surface area contributed by atoms with Crippen molar-refractivity contribution in [1.82, 2.24) is 14.6 Å². The number of ether oxygens (including phenoxy) is 2. The third-order valence-corrected chi connectivity index (χ3v) is 6.39. The normalized spacial score (nSPS) is 19.4. The molecule has 3 N–H and O–H groups in total. The van der Waals surface area contributed by atoms with Crippen molar-refractivity contribution in [2.24, 2.45) is 5.92 Å². The second kappa shape index (κ2) is 8.52. The lowest BCUT2D eigenvalue weighted by Gasteiger charge is -2.26. The maximum Gasteiger partial charge on any atom is 0.407 e. The van der Waals surface area contributed by atoms with Gasteiger partial charge in [-0.25, -0.2) is 14.0 Å². The summed E-state index contributed by atoms with van der Waals surface area (Å²) in [5.41, 5.74) is -1.56. The summed E-state index contributed by atoms with van der Waals surface area (Å²) in [4.78, 5) is 39.5. The molecule has 1 aliphatic heterocycles. The summed E-state index contributed by atoms with van der Waals surface area (Å²) in [5.74, 6) is 5.25. The number of hydrogen-bond acceptors (Lipinski definition) is 7. The Morgan fingerprint density at radius 2 is 1.94 bits per heavy atom. The molecule has 10 nitrogen and oxygen atoms in total. The molecule has 2 aromatic rings. The number of nitrogens with zero attached hydrogens (tertiary/aromatic N) is 3. The van der Waals surface area contributed by atoms with Crippen molar-refractivity contribution in [3.63, 3.8) is 0 Å². The van der Waals surface area contributed by atoms with E-state index in [-0.39, 0.29) is 40.3 Å². The Morgan fingerprint density at radius 1 is 1.26 bits per heavy atom. The lowest BCUT2D eigenvalue weighted by Crippen LogP contribution is -2.44. The van der Waals surface area contributed by atoms with Crippen LogP contribution in [0.1, 0.15) is 53.0 Å². The van der Waals surface area contributed by atoms with Gasteiger partial charge in [0.1, 0.15) is 16.8 Å². The molecule has 1 saturated carbocycles. The molecule has 1 aromatic heterocycles. The Kier molecular flexibility index (Phi) is 5.99. The number of aromatic nitrogens is 2. The SMILES string of the molecule is COc1c(N2CC[C@@H]([C@H](C)NC(=O)OC(C)(C)C)C2)c(F)cc2c(=O)n(N)c(=O)n(C3CC3)c12. The number of amides is 1. The minimum Gasteiger partial charge on any atom is -0.492 e. The molecule has 2 aliphatic rings. The monoisotopic (exact) mass is 477 g/mol. The summed E-state index contributed by atoms with van der Waals surface area (Å²) >= 11 is 0. The average Bonchev–Trinajstić information content (AvgIpc) is 3.45. The Bertz CT molecular complexity index is 1240. The number of halogens is 1. The van der Waals surface area contributed by atoms with Crippen LogP contribution < -0.4 is 32.0 Å². The smallest absolute Gasteiger partial charge is 0.407 e. The number of alkyl carbamates (subject to hydrolysis) is 1. The summed E-state index contributed by atoms with van der Waals surface area (Å²) < 4.78 is 28.3.